The van der Waals surface area contributed by atoms with E-state index in [1.54, 1.807) is 12.3 Å². The number of thiazole rings is 1. The van der Waals surface area contributed by atoms with Gasteiger partial charge in [0.25, 0.3) is 0 Å². The van der Waals surface area contributed by atoms with Gasteiger partial charge in [-0.05, 0) is 49.6 Å². The van der Waals surface area contributed by atoms with Gasteiger partial charge in [-0.25, -0.2) is 22.2 Å². The zero-order valence-corrected chi connectivity index (χ0v) is 19.6. The Hall–Kier alpha value is -1.74. The molecule has 10 heteroatoms. The maximum absolute atomic E-state index is 13.5. The molecule has 1 saturated heterocycles. The Morgan fingerprint density at radius 2 is 1.68 bits per heavy atom. The van der Waals surface area contributed by atoms with Gasteiger partial charge in [-0.3, -0.25) is 0 Å². The SMILES string of the molecule is Cc1cc(S(=O)(=O)C2CCN(c3nc(-c4cc(F)cc(F)c4)cs3)CC2)c(Cl)cc1Cl. The topological polar surface area (TPSA) is 50.3 Å². The molecule has 1 fully saturated rings. The minimum absolute atomic E-state index is 0.110. The Morgan fingerprint density at radius 1 is 1.03 bits per heavy atom. The molecule has 0 amide bonds. The molecule has 2 heterocycles. The number of anilines is 1. The molecule has 1 aliphatic heterocycles. The predicted molar refractivity (Wildman–Crippen MR) is 121 cm³/mol. The van der Waals surface area contributed by atoms with Crippen LogP contribution in [0, 0.1) is 18.6 Å². The molecule has 0 bridgehead atoms. The molecule has 4 rings (SSSR count). The number of hydrogen-bond donors (Lipinski definition) is 0. The standard InChI is InChI=1S/C21H18Cl2F2N2O2S2/c1-12-6-20(18(23)10-17(12)22)31(28,29)16-2-4-27(5-3-16)21-26-19(11-30-21)13-7-14(24)9-15(25)8-13/h6-11,16H,2-5H2,1H3. The van der Waals surface area contributed by atoms with Gasteiger partial charge in [0.15, 0.2) is 15.0 Å². The van der Waals surface area contributed by atoms with Crippen molar-refractivity contribution in [1.29, 1.82) is 0 Å². The van der Waals surface area contributed by atoms with Gasteiger partial charge in [-0.15, -0.1) is 11.3 Å². The minimum Gasteiger partial charge on any atom is -0.348 e. The molecule has 0 radical (unpaired) electrons. The number of nitrogens with zero attached hydrogens (tertiary/aromatic N) is 2. The molecule has 3 aromatic rings. The highest BCUT2D eigenvalue weighted by Crippen LogP contribution is 2.35. The monoisotopic (exact) mass is 502 g/mol. The summed E-state index contributed by atoms with van der Waals surface area (Å²) in [5, 5.41) is 2.43. The zero-order valence-electron chi connectivity index (χ0n) is 16.4. The van der Waals surface area contributed by atoms with E-state index in [-0.39, 0.29) is 9.92 Å². The van der Waals surface area contributed by atoms with Crippen LogP contribution in [0.15, 0.2) is 40.6 Å². The van der Waals surface area contributed by atoms with Crippen LogP contribution in [-0.2, 0) is 9.84 Å². The van der Waals surface area contributed by atoms with Crippen molar-refractivity contribution >= 4 is 49.5 Å². The summed E-state index contributed by atoms with van der Waals surface area (Å²) in [5.74, 6) is -1.32. The second kappa shape index (κ2) is 8.65. The Bertz CT molecular complexity index is 1220. The fourth-order valence-corrected chi connectivity index (χ4v) is 7.09. The van der Waals surface area contributed by atoms with E-state index < -0.39 is 26.7 Å². The highest BCUT2D eigenvalue weighted by molar-refractivity contribution is 7.92. The average molecular weight is 503 g/mol. The lowest BCUT2D eigenvalue weighted by Crippen LogP contribution is -2.39. The summed E-state index contributed by atoms with van der Waals surface area (Å²) >= 11 is 13.6. The van der Waals surface area contributed by atoms with Crippen molar-refractivity contribution < 1.29 is 17.2 Å². The first-order valence-electron chi connectivity index (χ1n) is 9.51. The third-order valence-electron chi connectivity index (χ3n) is 5.32. The molecule has 0 N–H and O–H groups in total. The zero-order chi connectivity index (χ0) is 22.3. The lowest BCUT2D eigenvalue weighted by atomic mass is 10.1. The molecule has 1 aromatic heterocycles. The van der Waals surface area contributed by atoms with Gasteiger partial charge in [0.05, 0.1) is 20.9 Å². The maximum atomic E-state index is 13.5. The summed E-state index contributed by atoms with van der Waals surface area (Å²) < 4.78 is 53.3. The van der Waals surface area contributed by atoms with Gasteiger partial charge in [0.1, 0.15) is 11.6 Å². The van der Waals surface area contributed by atoms with E-state index in [4.69, 9.17) is 23.2 Å². The number of aryl methyl sites for hydroxylation is 1. The third kappa shape index (κ3) is 4.58. The Balaban J connectivity index is 1.49. The molecule has 31 heavy (non-hydrogen) atoms. The third-order valence-corrected chi connectivity index (χ3v) is 9.35. The van der Waals surface area contributed by atoms with Crippen molar-refractivity contribution in [3.8, 4) is 11.3 Å². The van der Waals surface area contributed by atoms with Crippen molar-refractivity contribution in [1.82, 2.24) is 4.98 Å². The van der Waals surface area contributed by atoms with E-state index in [0.717, 1.165) is 6.07 Å². The summed E-state index contributed by atoms with van der Waals surface area (Å²) in [5.41, 5.74) is 1.51. The number of hydrogen-bond acceptors (Lipinski definition) is 5. The van der Waals surface area contributed by atoms with Gasteiger partial charge in [0, 0.05) is 35.1 Å². The van der Waals surface area contributed by atoms with Crippen LogP contribution >= 0.6 is 34.5 Å². The first-order chi connectivity index (χ1) is 14.6. The quantitative estimate of drug-likeness (QED) is 0.429. The number of sulfone groups is 1. The van der Waals surface area contributed by atoms with E-state index in [1.807, 2.05) is 4.90 Å². The summed E-state index contributed by atoms with van der Waals surface area (Å²) in [4.78, 5) is 6.59. The number of rotatable bonds is 4. The van der Waals surface area contributed by atoms with Crippen LogP contribution in [0.3, 0.4) is 0 Å². The molecule has 1 aliphatic rings. The van der Waals surface area contributed by atoms with E-state index >= 15 is 0 Å². The molecule has 0 atom stereocenters. The van der Waals surface area contributed by atoms with Crippen LogP contribution in [0.1, 0.15) is 18.4 Å². The van der Waals surface area contributed by atoms with Crippen molar-refractivity contribution in [2.75, 3.05) is 18.0 Å². The fourth-order valence-electron chi connectivity index (χ4n) is 3.63. The molecule has 0 aliphatic carbocycles. The molecule has 0 spiro atoms. The summed E-state index contributed by atoms with van der Waals surface area (Å²) in [6.45, 7) is 2.74. The maximum Gasteiger partial charge on any atom is 0.185 e. The highest BCUT2D eigenvalue weighted by Gasteiger charge is 2.33. The van der Waals surface area contributed by atoms with Gasteiger partial charge >= 0.3 is 0 Å². The molecule has 0 saturated carbocycles. The van der Waals surface area contributed by atoms with Gasteiger partial charge < -0.3 is 4.90 Å². The Labute approximate surface area is 193 Å². The number of benzene rings is 2. The van der Waals surface area contributed by atoms with Crippen LogP contribution in [0.4, 0.5) is 13.9 Å². The van der Waals surface area contributed by atoms with Crippen molar-refractivity contribution in [3.63, 3.8) is 0 Å². The van der Waals surface area contributed by atoms with Crippen molar-refractivity contribution in [2.24, 2.45) is 0 Å². The fraction of sp³-hybridized carbons (Fsp3) is 0.286. The van der Waals surface area contributed by atoms with Gasteiger partial charge in [0.2, 0.25) is 0 Å². The summed E-state index contributed by atoms with van der Waals surface area (Å²) in [7, 11) is -3.60. The largest absolute Gasteiger partial charge is 0.348 e. The smallest absolute Gasteiger partial charge is 0.185 e. The van der Waals surface area contributed by atoms with Crippen LogP contribution < -0.4 is 4.90 Å². The molecule has 4 nitrogen and oxygen atoms in total. The molecule has 0 unspecified atom stereocenters. The average Bonchev–Trinajstić information content (AvgIpc) is 3.20. The van der Waals surface area contributed by atoms with Crippen LogP contribution in [-0.4, -0.2) is 31.7 Å². The second-order valence-electron chi connectivity index (χ2n) is 7.44. The van der Waals surface area contributed by atoms with Gasteiger partial charge in [-0.2, -0.15) is 0 Å². The number of piperidine rings is 1. The van der Waals surface area contributed by atoms with Crippen molar-refractivity contribution in [2.45, 2.75) is 29.9 Å². The summed E-state index contributed by atoms with van der Waals surface area (Å²) in [6.07, 6.45) is 0.841. The second-order valence-corrected chi connectivity index (χ2v) is 11.3. The van der Waals surface area contributed by atoms with Crippen LogP contribution in [0.2, 0.25) is 10.0 Å². The van der Waals surface area contributed by atoms with E-state index in [1.165, 1.54) is 35.6 Å². The van der Waals surface area contributed by atoms with E-state index in [0.29, 0.717) is 52.9 Å². The van der Waals surface area contributed by atoms with Crippen LogP contribution in [0.5, 0.6) is 0 Å². The Kier molecular flexibility index (Phi) is 6.27. The van der Waals surface area contributed by atoms with Crippen LogP contribution in [0.25, 0.3) is 11.3 Å². The van der Waals surface area contributed by atoms with Gasteiger partial charge in [-0.1, -0.05) is 23.2 Å². The Morgan fingerprint density at radius 3 is 2.32 bits per heavy atom. The first-order valence-corrected chi connectivity index (χ1v) is 12.7. The molecular formula is C21H18Cl2F2N2O2S2. The summed E-state index contributed by atoms with van der Waals surface area (Å²) in [6, 6.07) is 6.28. The van der Waals surface area contributed by atoms with E-state index in [9.17, 15) is 17.2 Å². The number of aromatic nitrogens is 1. The first kappa shape index (κ1) is 22.5. The molecular weight excluding hydrogens is 485 g/mol. The molecule has 2 aromatic carbocycles. The normalized spacial score (nSPS) is 15.5. The number of halogens is 4. The lowest BCUT2D eigenvalue weighted by molar-refractivity contribution is 0.529. The molecule has 164 valence electrons. The highest BCUT2D eigenvalue weighted by atomic mass is 35.5. The van der Waals surface area contributed by atoms with E-state index in [2.05, 4.69) is 4.98 Å². The minimum atomic E-state index is -3.60. The lowest BCUT2D eigenvalue weighted by Gasteiger charge is -2.31. The van der Waals surface area contributed by atoms with Crippen molar-refractivity contribution in [3.05, 3.63) is 63.0 Å². The predicted octanol–water partition coefficient (Wildman–Crippen LogP) is 6.15.